The van der Waals surface area contributed by atoms with Gasteiger partial charge in [-0.15, -0.1) is 0 Å². The van der Waals surface area contributed by atoms with Crippen molar-refractivity contribution >= 4 is 28.9 Å². The van der Waals surface area contributed by atoms with Crippen LogP contribution in [-0.2, 0) is 23.6 Å². The van der Waals surface area contributed by atoms with E-state index in [0.717, 1.165) is 0 Å². The van der Waals surface area contributed by atoms with Gasteiger partial charge in [0, 0.05) is 12.1 Å². The number of rotatable bonds is 7. The Morgan fingerprint density at radius 2 is 1.34 bits per heavy atom. The topological polar surface area (TPSA) is 80.9 Å². The molecule has 14 heteroatoms. The summed E-state index contributed by atoms with van der Waals surface area (Å²) in [6.07, 6.45) is -9.81. The van der Waals surface area contributed by atoms with E-state index >= 15 is 0 Å². The molecule has 35 heavy (non-hydrogen) atoms. The molecular formula is C21H21F6N3O4S. The van der Waals surface area contributed by atoms with Crippen LogP contribution < -0.4 is 30.4 Å². The second-order valence-corrected chi connectivity index (χ2v) is 7.36. The van der Waals surface area contributed by atoms with Gasteiger partial charge in [-0.05, 0) is 54.5 Å². The summed E-state index contributed by atoms with van der Waals surface area (Å²) >= 11 is 4.85. The molecule has 1 amide bonds. The summed E-state index contributed by atoms with van der Waals surface area (Å²) in [6, 6.07) is 4.23. The van der Waals surface area contributed by atoms with Crippen LogP contribution in [0.5, 0.6) is 17.2 Å². The average molecular weight is 525 g/mol. The number of benzene rings is 2. The summed E-state index contributed by atoms with van der Waals surface area (Å²) in [4.78, 5) is 12.1. The second kappa shape index (κ2) is 11.3. The van der Waals surface area contributed by atoms with Gasteiger partial charge in [0.25, 0.3) is 0 Å². The van der Waals surface area contributed by atoms with Crippen molar-refractivity contribution in [2.75, 3.05) is 26.6 Å². The summed E-state index contributed by atoms with van der Waals surface area (Å²) in [5.74, 6) is 0.614. The standard InChI is InChI=1S/C21H21F6N3O4S/c1-32-15-6-11(7-16(33-2)18(15)34-3)4-5-17(31)29-30-19(35)28-14-9-12(20(22,23)24)8-13(10-14)21(25,26)27/h6-10H,4-5H2,1-3H3,(H,29,31)(H2,28,30,35). The molecule has 0 aliphatic carbocycles. The summed E-state index contributed by atoms with van der Waals surface area (Å²) in [5, 5.41) is 1.78. The van der Waals surface area contributed by atoms with E-state index in [0.29, 0.717) is 34.9 Å². The van der Waals surface area contributed by atoms with E-state index in [9.17, 15) is 31.1 Å². The van der Waals surface area contributed by atoms with Crippen LogP contribution in [-0.4, -0.2) is 32.3 Å². The van der Waals surface area contributed by atoms with Crippen LogP contribution in [0.1, 0.15) is 23.1 Å². The largest absolute Gasteiger partial charge is 0.493 e. The first-order chi connectivity index (χ1) is 16.3. The summed E-state index contributed by atoms with van der Waals surface area (Å²) in [6.45, 7) is 0. The van der Waals surface area contributed by atoms with Gasteiger partial charge >= 0.3 is 12.4 Å². The first kappa shape index (κ1) is 27.8. The summed E-state index contributed by atoms with van der Waals surface area (Å²) < 4.78 is 93.5. The van der Waals surface area contributed by atoms with Gasteiger partial charge in [-0.1, -0.05) is 0 Å². The molecule has 0 radical (unpaired) electrons. The number of methoxy groups -OCH3 is 3. The molecule has 2 rings (SSSR count). The van der Waals surface area contributed by atoms with Crippen molar-refractivity contribution in [1.82, 2.24) is 10.9 Å². The number of anilines is 1. The van der Waals surface area contributed by atoms with E-state index in [2.05, 4.69) is 16.2 Å². The molecule has 0 heterocycles. The van der Waals surface area contributed by atoms with Gasteiger partial charge < -0.3 is 19.5 Å². The van der Waals surface area contributed by atoms with Crippen molar-refractivity contribution in [1.29, 1.82) is 0 Å². The summed E-state index contributed by atoms with van der Waals surface area (Å²) in [7, 11) is 4.32. The Morgan fingerprint density at radius 3 is 1.77 bits per heavy atom. The molecular weight excluding hydrogens is 504 g/mol. The number of nitrogens with one attached hydrogen (secondary N) is 3. The van der Waals surface area contributed by atoms with Crippen LogP contribution in [0.25, 0.3) is 0 Å². The number of carbonyl (C=O) groups is 1. The third-order valence-electron chi connectivity index (χ3n) is 4.53. The molecule has 0 saturated carbocycles. The zero-order chi connectivity index (χ0) is 26.4. The van der Waals surface area contributed by atoms with Gasteiger partial charge in [0.05, 0.1) is 32.5 Å². The fraction of sp³-hybridized carbons (Fsp3) is 0.333. The van der Waals surface area contributed by atoms with Crippen LogP contribution in [0, 0.1) is 0 Å². The Kier molecular flexibility index (Phi) is 9.01. The number of hydrogen-bond donors (Lipinski definition) is 3. The lowest BCUT2D eigenvalue weighted by molar-refractivity contribution is -0.143. The molecule has 3 N–H and O–H groups in total. The minimum Gasteiger partial charge on any atom is -0.493 e. The van der Waals surface area contributed by atoms with E-state index in [1.54, 1.807) is 12.1 Å². The average Bonchev–Trinajstić information content (AvgIpc) is 2.79. The van der Waals surface area contributed by atoms with Crippen LogP contribution in [0.2, 0.25) is 0 Å². The lowest BCUT2D eigenvalue weighted by Gasteiger charge is -2.16. The molecule has 0 saturated heterocycles. The molecule has 0 fully saturated rings. The van der Waals surface area contributed by atoms with Gasteiger partial charge in [-0.3, -0.25) is 15.6 Å². The Balaban J connectivity index is 2.00. The lowest BCUT2D eigenvalue weighted by atomic mass is 10.1. The Morgan fingerprint density at radius 1 is 0.829 bits per heavy atom. The van der Waals surface area contributed by atoms with E-state index in [4.69, 9.17) is 26.4 Å². The number of ether oxygens (including phenoxy) is 3. The first-order valence-electron chi connectivity index (χ1n) is 9.72. The Bertz CT molecular complexity index is 1020. The fourth-order valence-corrected chi connectivity index (χ4v) is 3.08. The third kappa shape index (κ3) is 7.80. The highest BCUT2D eigenvalue weighted by molar-refractivity contribution is 7.80. The molecule has 2 aromatic rings. The third-order valence-corrected chi connectivity index (χ3v) is 4.73. The minimum absolute atomic E-state index is 0.00735. The highest BCUT2D eigenvalue weighted by atomic mass is 32.1. The van der Waals surface area contributed by atoms with Gasteiger partial charge in [0.15, 0.2) is 16.6 Å². The maximum atomic E-state index is 13.0. The molecule has 0 aliphatic rings. The monoisotopic (exact) mass is 525 g/mol. The Hall–Kier alpha value is -3.42. The number of hydrogen-bond acceptors (Lipinski definition) is 5. The number of alkyl halides is 6. The zero-order valence-corrected chi connectivity index (χ0v) is 19.4. The van der Waals surface area contributed by atoms with Gasteiger partial charge in [0.1, 0.15) is 0 Å². The van der Waals surface area contributed by atoms with Gasteiger partial charge in [0.2, 0.25) is 11.7 Å². The van der Waals surface area contributed by atoms with Gasteiger partial charge in [-0.25, -0.2) is 0 Å². The molecule has 0 aromatic heterocycles. The maximum Gasteiger partial charge on any atom is 0.416 e. The lowest BCUT2D eigenvalue weighted by Crippen LogP contribution is -2.43. The predicted octanol–water partition coefficient (Wildman–Crippen LogP) is 4.70. The van der Waals surface area contributed by atoms with Crippen LogP contribution >= 0.6 is 12.2 Å². The smallest absolute Gasteiger partial charge is 0.416 e. The zero-order valence-electron chi connectivity index (χ0n) is 18.6. The minimum atomic E-state index is -5.01. The number of amides is 1. The number of halogens is 6. The van der Waals surface area contributed by atoms with Crippen LogP contribution in [0.4, 0.5) is 32.0 Å². The Labute approximate surface area is 201 Å². The maximum absolute atomic E-state index is 13.0. The molecule has 0 unspecified atom stereocenters. The van der Waals surface area contributed by atoms with Gasteiger partial charge in [-0.2, -0.15) is 26.3 Å². The molecule has 0 bridgehead atoms. The van der Waals surface area contributed by atoms with Crippen molar-refractivity contribution in [3.63, 3.8) is 0 Å². The molecule has 192 valence electrons. The molecule has 0 spiro atoms. The van der Waals surface area contributed by atoms with Crippen molar-refractivity contribution < 1.29 is 45.3 Å². The predicted molar refractivity (Wildman–Crippen MR) is 118 cm³/mol. The first-order valence-corrected chi connectivity index (χ1v) is 10.1. The second-order valence-electron chi connectivity index (χ2n) is 6.96. The number of thiocarbonyl (C=S) groups is 1. The highest BCUT2D eigenvalue weighted by Gasteiger charge is 2.37. The van der Waals surface area contributed by atoms with E-state index in [1.165, 1.54) is 21.3 Å². The number of hydrazine groups is 1. The van der Waals surface area contributed by atoms with Crippen molar-refractivity contribution in [3.8, 4) is 17.2 Å². The molecule has 0 aliphatic heterocycles. The number of aryl methyl sites for hydroxylation is 1. The number of carbonyl (C=O) groups excluding carboxylic acids is 1. The SMILES string of the molecule is COc1cc(CCC(=O)NNC(=S)Nc2cc(C(F)(F)F)cc(C(F)(F)F)c2)cc(OC)c1OC. The van der Waals surface area contributed by atoms with Crippen molar-refractivity contribution in [3.05, 3.63) is 47.0 Å². The molecule has 0 atom stereocenters. The van der Waals surface area contributed by atoms with E-state index < -0.39 is 40.2 Å². The van der Waals surface area contributed by atoms with Crippen LogP contribution in [0.3, 0.4) is 0 Å². The van der Waals surface area contributed by atoms with Crippen LogP contribution in [0.15, 0.2) is 30.3 Å². The molecule has 2 aromatic carbocycles. The highest BCUT2D eigenvalue weighted by Crippen LogP contribution is 2.39. The quantitative estimate of drug-likeness (QED) is 0.275. The normalized spacial score (nSPS) is 11.5. The van der Waals surface area contributed by atoms with E-state index in [1.807, 2.05) is 0 Å². The summed E-state index contributed by atoms with van der Waals surface area (Å²) in [5.41, 5.74) is 1.56. The molecule has 7 nitrogen and oxygen atoms in total. The van der Waals surface area contributed by atoms with Crippen molar-refractivity contribution in [2.24, 2.45) is 0 Å². The fourth-order valence-electron chi connectivity index (χ4n) is 2.92. The van der Waals surface area contributed by atoms with E-state index in [-0.39, 0.29) is 18.9 Å². The van der Waals surface area contributed by atoms with Crippen molar-refractivity contribution in [2.45, 2.75) is 25.2 Å².